The lowest BCUT2D eigenvalue weighted by molar-refractivity contribution is -0.139. The topological polar surface area (TPSA) is 79.3 Å². The highest BCUT2D eigenvalue weighted by Gasteiger charge is 2.25. The first kappa shape index (κ1) is 14.2. The number of carboxylic acids is 1. The van der Waals surface area contributed by atoms with Crippen molar-refractivity contribution in [2.45, 2.75) is 33.6 Å². The highest BCUT2D eigenvalue weighted by atomic mass is 16.4. The van der Waals surface area contributed by atoms with E-state index in [1.807, 2.05) is 6.92 Å². The van der Waals surface area contributed by atoms with E-state index in [-0.39, 0.29) is 18.7 Å². The van der Waals surface area contributed by atoms with Crippen molar-refractivity contribution >= 4 is 17.6 Å². The largest absolute Gasteiger partial charge is 0.481 e. The zero-order valence-corrected chi connectivity index (χ0v) is 10.9. The Morgan fingerprint density at radius 1 is 1.33 bits per heavy atom. The summed E-state index contributed by atoms with van der Waals surface area (Å²) < 4.78 is 0. The molecule has 5 heteroatoms. The molecule has 0 bridgehead atoms. The molecule has 2 N–H and O–H groups in total. The molecule has 0 atom stereocenters. The average molecular weight is 250 g/mol. The molecule has 1 rings (SSSR count). The first-order valence-corrected chi connectivity index (χ1v) is 5.73. The van der Waals surface area contributed by atoms with Gasteiger partial charge in [-0.05, 0) is 24.5 Å². The first-order valence-electron chi connectivity index (χ1n) is 5.73. The quantitative estimate of drug-likeness (QED) is 0.839. The second-order valence-corrected chi connectivity index (χ2v) is 5.15. The lowest BCUT2D eigenvalue weighted by Crippen LogP contribution is -2.24. The van der Waals surface area contributed by atoms with Gasteiger partial charge in [-0.2, -0.15) is 0 Å². The average Bonchev–Trinajstić information content (AvgIpc) is 2.18. The van der Waals surface area contributed by atoms with Crippen LogP contribution in [0.1, 0.15) is 32.4 Å². The predicted molar refractivity (Wildman–Crippen MR) is 68.3 cm³/mol. The van der Waals surface area contributed by atoms with Gasteiger partial charge in [0.1, 0.15) is 0 Å². The van der Waals surface area contributed by atoms with Gasteiger partial charge in [0.25, 0.3) is 0 Å². The van der Waals surface area contributed by atoms with Crippen LogP contribution in [-0.2, 0) is 9.59 Å². The number of hydrogen-bond donors (Lipinski definition) is 2. The summed E-state index contributed by atoms with van der Waals surface area (Å²) in [6.07, 6.45) is 1.71. The van der Waals surface area contributed by atoms with Crippen LogP contribution in [0.3, 0.4) is 0 Å². The van der Waals surface area contributed by atoms with E-state index in [9.17, 15) is 9.59 Å². The lowest BCUT2D eigenvalue weighted by Gasteiger charge is -2.21. The molecule has 0 saturated heterocycles. The zero-order chi connectivity index (χ0) is 13.8. The van der Waals surface area contributed by atoms with E-state index in [1.54, 1.807) is 32.2 Å². The third kappa shape index (κ3) is 4.95. The number of carboxylic acid groups (broad SMARTS) is 1. The maximum Gasteiger partial charge on any atom is 0.303 e. The van der Waals surface area contributed by atoms with Gasteiger partial charge in [0.05, 0.1) is 18.3 Å². The number of anilines is 1. The lowest BCUT2D eigenvalue weighted by atomic mass is 9.85. The van der Waals surface area contributed by atoms with Gasteiger partial charge in [-0.15, -0.1) is 0 Å². The molecule has 5 nitrogen and oxygen atoms in total. The van der Waals surface area contributed by atoms with Crippen LogP contribution >= 0.6 is 0 Å². The molecule has 0 aromatic carbocycles. The van der Waals surface area contributed by atoms with Crippen LogP contribution in [0.25, 0.3) is 0 Å². The highest BCUT2D eigenvalue weighted by Crippen LogP contribution is 2.25. The van der Waals surface area contributed by atoms with Crippen molar-refractivity contribution < 1.29 is 14.7 Å². The molecule has 0 aliphatic rings. The van der Waals surface area contributed by atoms with Gasteiger partial charge < -0.3 is 10.4 Å². The number of rotatable bonds is 5. The number of nitrogens with zero attached hydrogens (tertiary/aromatic N) is 1. The number of aryl methyl sites for hydroxylation is 1. The summed E-state index contributed by atoms with van der Waals surface area (Å²) in [6, 6.07) is 3.57. The minimum atomic E-state index is -0.898. The number of nitrogens with one attached hydrogen (secondary N) is 1. The Morgan fingerprint density at radius 3 is 2.50 bits per heavy atom. The summed E-state index contributed by atoms with van der Waals surface area (Å²) in [7, 11) is 0. The highest BCUT2D eigenvalue weighted by molar-refractivity contribution is 5.91. The van der Waals surface area contributed by atoms with Crippen molar-refractivity contribution in [3.05, 3.63) is 24.0 Å². The monoisotopic (exact) mass is 250 g/mol. The van der Waals surface area contributed by atoms with Gasteiger partial charge >= 0.3 is 5.97 Å². The third-order valence-electron chi connectivity index (χ3n) is 2.46. The van der Waals surface area contributed by atoms with Crippen LogP contribution < -0.4 is 5.32 Å². The van der Waals surface area contributed by atoms with Crippen molar-refractivity contribution in [2.75, 3.05) is 5.32 Å². The van der Waals surface area contributed by atoms with Gasteiger partial charge in [-0.25, -0.2) is 0 Å². The summed E-state index contributed by atoms with van der Waals surface area (Å²) in [6.45, 7) is 5.38. The Hall–Kier alpha value is -1.91. The van der Waals surface area contributed by atoms with Gasteiger partial charge in [0.15, 0.2) is 0 Å². The summed E-state index contributed by atoms with van der Waals surface area (Å²) in [5.74, 6) is -1.10. The van der Waals surface area contributed by atoms with Gasteiger partial charge in [0.2, 0.25) is 5.91 Å². The van der Waals surface area contributed by atoms with E-state index in [2.05, 4.69) is 10.3 Å². The van der Waals surface area contributed by atoms with Crippen LogP contribution in [0.5, 0.6) is 0 Å². The summed E-state index contributed by atoms with van der Waals surface area (Å²) in [5, 5.41) is 11.4. The van der Waals surface area contributed by atoms with Crippen molar-refractivity contribution in [3.63, 3.8) is 0 Å². The minimum Gasteiger partial charge on any atom is -0.481 e. The Balaban J connectivity index is 2.56. The van der Waals surface area contributed by atoms with Crippen molar-refractivity contribution in [1.82, 2.24) is 4.98 Å². The van der Waals surface area contributed by atoms with Gasteiger partial charge in [0, 0.05) is 12.1 Å². The normalized spacial score (nSPS) is 11.1. The van der Waals surface area contributed by atoms with Crippen LogP contribution in [0.2, 0.25) is 0 Å². The summed E-state index contributed by atoms with van der Waals surface area (Å²) in [4.78, 5) is 26.5. The Kier molecular flexibility index (Phi) is 4.42. The molecular formula is C13H18N2O3. The van der Waals surface area contributed by atoms with Crippen molar-refractivity contribution in [3.8, 4) is 0 Å². The molecule has 1 aromatic rings. The number of amides is 1. The fourth-order valence-corrected chi connectivity index (χ4v) is 1.65. The number of carbonyl (C=O) groups is 2. The van der Waals surface area contributed by atoms with Gasteiger partial charge in [-0.3, -0.25) is 14.6 Å². The standard InChI is InChI=1S/C13H18N2O3/c1-9-4-5-10(8-14-9)15-11(16)6-13(2,3)7-12(17)18/h4-5,8H,6-7H2,1-3H3,(H,15,16)(H,17,18). The number of pyridine rings is 1. The smallest absolute Gasteiger partial charge is 0.303 e. The molecule has 0 aliphatic carbocycles. The van der Waals surface area contributed by atoms with E-state index in [0.29, 0.717) is 5.69 Å². The fourth-order valence-electron chi connectivity index (χ4n) is 1.65. The predicted octanol–water partition coefficient (Wildman–Crippen LogP) is 2.22. The zero-order valence-electron chi connectivity index (χ0n) is 10.9. The molecule has 0 saturated carbocycles. The Bertz CT molecular complexity index is 438. The number of aliphatic carboxylic acids is 1. The SMILES string of the molecule is Cc1ccc(NC(=O)CC(C)(C)CC(=O)O)cn1. The van der Waals surface area contributed by atoms with Crippen LogP contribution in [-0.4, -0.2) is 22.0 Å². The van der Waals surface area contributed by atoms with E-state index in [4.69, 9.17) is 5.11 Å². The third-order valence-corrected chi connectivity index (χ3v) is 2.46. The molecule has 1 aromatic heterocycles. The van der Waals surface area contributed by atoms with Crippen LogP contribution in [0.15, 0.2) is 18.3 Å². The molecular weight excluding hydrogens is 232 g/mol. The maximum absolute atomic E-state index is 11.8. The molecule has 0 fully saturated rings. The minimum absolute atomic E-state index is 0.0352. The van der Waals surface area contributed by atoms with E-state index >= 15 is 0 Å². The Labute approximate surface area is 106 Å². The maximum atomic E-state index is 11.8. The second kappa shape index (κ2) is 5.62. The molecule has 0 radical (unpaired) electrons. The molecule has 1 heterocycles. The second-order valence-electron chi connectivity index (χ2n) is 5.15. The van der Waals surface area contributed by atoms with Crippen LogP contribution in [0.4, 0.5) is 5.69 Å². The molecule has 98 valence electrons. The number of carbonyl (C=O) groups excluding carboxylic acids is 1. The fraction of sp³-hybridized carbons (Fsp3) is 0.462. The molecule has 18 heavy (non-hydrogen) atoms. The van der Waals surface area contributed by atoms with E-state index in [0.717, 1.165) is 5.69 Å². The van der Waals surface area contributed by atoms with E-state index in [1.165, 1.54) is 0 Å². The van der Waals surface area contributed by atoms with Crippen LogP contribution in [0, 0.1) is 12.3 Å². The molecule has 0 spiro atoms. The first-order chi connectivity index (χ1) is 8.28. The number of aromatic nitrogens is 1. The van der Waals surface area contributed by atoms with Crippen molar-refractivity contribution in [1.29, 1.82) is 0 Å². The molecule has 0 unspecified atom stereocenters. The van der Waals surface area contributed by atoms with Gasteiger partial charge in [-0.1, -0.05) is 13.8 Å². The number of hydrogen-bond acceptors (Lipinski definition) is 3. The summed E-state index contributed by atoms with van der Waals surface area (Å²) >= 11 is 0. The molecule has 1 amide bonds. The molecule has 0 aliphatic heterocycles. The summed E-state index contributed by atoms with van der Waals surface area (Å²) in [5.41, 5.74) is 0.935. The van der Waals surface area contributed by atoms with E-state index < -0.39 is 11.4 Å². The van der Waals surface area contributed by atoms with Crippen molar-refractivity contribution in [2.24, 2.45) is 5.41 Å². The Morgan fingerprint density at radius 2 is 2.00 bits per heavy atom.